The Morgan fingerprint density at radius 2 is 2.14 bits per heavy atom. The number of ether oxygens (including phenoxy) is 2. The number of nitrogen functional groups attached to an aromatic ring is 1. The van der Waals surface area contributed by atoms with Crippen molar-refractivity contribution in [2.24, 2.45) is 0 Å². The lowest BCUT2D eigenvalue weighted by Crippen LogP contribution is -2.09. The van der Waals surface area contributed by atoms with Crippen molar-refractivity contribution < 1.29 is 14.3 Å². The molecule has 1 aromatic carbocycles. The number of esters is 1. The van der Waals surface area contributed by atoms with Gasteiger partial charge in [0.25, 0.3) is 0 Å². The SMILES string of the molecule is CCOc1ccc(C(=O)OCCc2ccccn2)cc1N. The summed E-state index contributed by atoms with van der Waals surface area (Å²) in [5.41, 5.74) is 7.55. The summed E-state index contributed by atoms with van der Waals surface area (Å²) < 4.78 is 10.5. The standard InChI is InChI=1S/C16H18N2O3/c1-2-20-15-7-6-12(11-14(15)17)16(19)21-10-8-13-5-3-4-9-18-13/h3-7,9,11H,2,8,10,17H2,1H3. The van der Waals surface area contributed by atoms with Gasteiger partial charge in [-0.05, 0) is 37.3 Å². The van der Waals surface area contributed by atoms with Crippen molar-refractivity contribution in [3.63, 3.8) is 0 Å². The van der Waals surface area contributed by atoms with Crippen molar-refractivity contribution in [1.82, 2.24) is 4.98 Å². The molecule has 0 saturated carbocycles. The third kappa shape index (κ3) is 4.21. The summed E-state index contributed by atoms with van der Waals surface area (Å²) in [7, 11) is 0. The van der Waals surface area contributed by atoms with E-state index in [0.717, 1.165) is 5.69 Å². The third-order valence-electron chi connectivity index (χ3n) is 2.86. The van der Waals surface area contributed by atoms with Crippen molar-refractivity contribution in [3.05, 3.63) is 53.9 Å². The van der Waals surface area contributed by atoms with E-state index < -0.39 is 5.97 Å². The van der Waals surface area contributed by atoms with Crippen LogP contribution in [0.25, 0.3) is 0 Å². The quantitative estimate of drug-likeness (QED) is 0.652. The van der Waals surface area contributed by atoms with E-state index in [4.69, 9.17) is 15.2 Å². The van der Waals surface area contributed by atoms with Crippen LogP contribution >= 0.6 is 0 Å². The van der Waals surface area contributed by atoms with Gasteiger partial charge in [-0.2, -0.15) is 0 Å². The number of pyridine rings is 1. The first kappa shape index (κ1) is 14.8. The summed E-state index contributed by atoms with van der Waals surface area (Å²) >= 11 is 0. The fraction of sp³-hybridized carbons (Fsp3) is 0.250. The number of aromatic nitrogens is 1. The highest BCUT2D eigenvalue weighted by molar-refractivity contribution is 5.91. The summed E-state index contributed by atoms with van der Waals surface area (Å²) in [6.45, 7) is 2.68. The van der Waals surface area contributed by atoms with Crippen molar-refractivity contribution >= 4 is 11.7 Å². The van der Waals surface area contributed by atoms with Crippen molar-refractivity contribution in [1.29, 1.82) is 0 Å². The van der Waals surface area contributed by atoms with Gasteiger partial charge in [-0.3, -0.25) is 4.98 Å². The zero-order valence-corrected chi connectivity index (χ0v) is 11.9. The molecule has 0 radical (unpaired) electrons. The van der Waals surface area contributed by atoms with Crippen LogP contribution in [-0.2, 0) is 11.2 Å². The summed E-state index contributed by atoms with van der Waals surface area (Å²) in [5.74, 6) is 0.170. The molecule has 0 aliphatic heterocycles. The first-order valence-electron chi connectivity index (χ1n) is 6.80. The molecule has 2 aromatic rings. The van der Waals surface area contributed by atoms with Gasteiger partial charge in [0.05, 0.1) is 24.5 Å². The Balaban J connectivity index is 1.90. The molecule has 2 N–H and O–H groups in total. The molecule has 0 spiro atoms. The van der Waals surface area contributed by atoms with E-state index >= 15 is 0 Å². The van der Waals surface area contributed by atoms with E-state index in [0.29, 0.717) is 30.0 Å². The van der Waals surface area contributed by atoms with E-state index in [1.807, 2.05) is 25.1 Å². The second-order valence-corrected chi connectivity index (χ2v) is 4.39. The summed E-state index contributed by atoms with van der Waals surface area (Å²) in [6, 6.07) is 10.5. The maximum atomic E-state index is 11.9. The molecule has 0 saturated heterocycles. The summed E-state index contributed by atoms with van der Waals surface area (Å²) in [6.07, 6.45) is 2.30. The lowest BCUT2D eigenvalue weighted by atomic mass is 10.2. The zero-order chi connectivity index (χ0) is 15.1. The Hall–Kier alpha value is -2.56. The van der Waals surface area contributed by atoms with E-state index in [1.54, 1.807) is 24.4 Å². The molecule has 0 unspecified atom stereocenters. The number of hydrogen-bond acceptors (Lipinski definition) is 5. The van der Waals surface area contributed by atoms with Gasteiger partial charge in [0.2, 0.25) is 0 Å². The Kier molecular flexibility index (Phi) is 5.15. The number of rotatable bonds is 6. The molecule has 2 rings (SSSR count). The molecule has 21 heavy (non-hydrogen) atoms. The normalized spacial score (nSPS) is 10.1. The molecule has 110 valence electrons. The third-order valence-corrected chi connectivity index (χ3v) is 2.86. The topological polar surface area (TPSA) is 74.4 Å². The predicted octanol–water partition coefficient (Wildman–Crippen LogP) is 2.46. The Bertz CT molecular complexity index is 600. The minimum absolute atomic E-state index is 0.281. The fourth-order valence-corrected chi connectivity index (χ4v) is 1.84. The van der Waals surface area contributed by atoms with Crippen LogP contribution in [0.1, 0.15) is 23.0 Å². The minimum atomic E-state index is -0.402. The molecule has 0 aliphatic carbocycles. The molecule has 1 aromatic heterocycles. The second-order valence-electron chi connectivity index (χ2n) is 4.39. The van der Waals surface area contributed by atoms with Crippen molar-refractivity contribution in [2.45, 2.75) is 13.3 Å². The lowest BCUT2D eigenvalue weighted by Gasteiger charge is -2.09. The van der Waals surface area contributed by atoms with Crippen molar-refractivity contribution in [2.75, 3.05) is 18.9 Å². The Morgan fingerprint density at radius 1 is 1.29 bits per heavy atom. The van der Waals surface area contributed by atoms with E-state index in [1.165, 1.54) is 0 Å². The van der Waals surface area contributed by atoms with Gasteiger partial charge in [0.15, 0.2) is 0 Å². The Labute approximate surface area is 123 Å². The van der Waals surface area contributed by atoms with Gasteiger partial charge in [0, 0.05) is 18.3 Å². The highest BCUT2D eigenvalue weighted by Gasteiger charge is 2.10. The second kappa shape index (κ2) is 7.28. The monoisotopic (exact) mass is 286 g/mol. The zero-order valence-electron chi connectivity index (χ0n) is 11.9. The van der Waals surface area contributed by atoms with Crippen LogP contribution in [0.15, 0.2) is 42.6 Å². The highest BCUT2D eigenvalue weighted by Crippen LogP contribution is 2.22. The maximum absolute atomic E-state index is 11.9. The van der Waals surface area contributed by atoms with Gasteiger partial charge >= 0.3 is 5.97 Å². The van der Waals surface area contributed by atoms with Crippen LogP contribution in [0.2, 0.25) is 0 Å². The van der Waals surface area contributed by atoms with Gasteiger partial charge in [-0.25, -0.2) is 4.79 Å². The molecule has 5 heteroatoms. The Morgan fingerprint density at radius 3 is 2.81 bits per heavy atom. The summed E-state index contributed by atoms with van der Waals surface area (Å²) in [4.78, 5) is 16.1. The van der Waals surface area contributed by atoms with Crippen LogP contribution in [0, 0.1) is 0 Å². The number of nitrogens with two attached hydrogens (primary N) is 1. The van der Waals surface area contributed by atoms with E-state index in [2.05, 4.69) is 4.98 Å². The van der Waals surface area contributed by atoms with Crippen LogP contribution in [0.3, 0.4) is 0 Å². The van der Waals surface area contributed by atoms with Gasteiger partial charge in [-0.15, -0.1) is 0 Å². The van der Waals surface area contributed by atoms with Gasteiger partial charge in [-0.1, -0.05) is 6.07 Å². The van der Waals surface area contributed by atoms with Crippen LogP contribution < -0.4 is 10.5 Å². The molecule has 0 fully saturated rings. The van der Waals surface area contributed by atoms with Gasteiger partial charge < -0.3 is 15.2 Å². The van der Waals surface area contributed by atoms with Crippen LogP contribution in [0.5, 0.6) is 5.75 Å². The molecular weight excluding hydrogens is 268 g/mol. The van der Waals surface area contributed by atoms with E-state index in [9.17, 15) is 4.79 Å². The first-order valence-corrected chi connectivity index (χ1v) is 6.80. The molecule has 1 heterocycles. The number of carbonyl (C=O) groups is 1. The molecule has 0 amide bonds. The average Bonchev–Trinajstić information content (AvgIpc) is 2.50. The van der Waals surface area contributed by atoms with Crippen molar-refractivity contribution in [3.8, 4) is 5.75 Å². The molecule has 0 bridgehead atoms. The highest BCUT2D eigenvalue weighted by atomic mass is 16.5. The average molecular weight is 286 g/mol. The van der Waals surface area contributed by atoms with Gasteiger partial charge in [0.1, 0.15) is 5.75 Å². The number of hydrogen-bond donors (Lipinski definition) is 1. The van der Waals surface area contributed by atoms with Crippen LogP contribution in [-0.4, -0.2) is 24.2 Å². The van der Waals surface area contributed by atoms with Crippen LogP contribution in [0.4, 0.5) is 5.69 Å². The number of carbonyl (C=O) groups excluding carboxylic acids is 1. The smallest absolute Gasteiger partial charge is 0.338 e. The predicted molar refractivity (Wildman–Crippen MR) is 80.2 cm³/mol. The molecule has 0 aliphatic rings. The number of nitrogens with zero attached hydrogens (tertiary/aromatic N) is 1. The fourth-order valence-electron chi connectivity index (χ4n) is 1.84. The molecule has 0 atom stereocenters. The largest absolute Gasteiger partial charge is 0.492 e. The molecule has 5 nitrogen and oxygen atoms in total. The number of benzene rings is 1. The van der Waals surface area contributed by atoms with E-state index in [-0.39, 0.29) is 6.61 Å². The molecular formula is C16H18N2O3. The summed E-state index contributed by atoms with van der Waals surface area (Å²) in [5, 5.41) is 0. The first-order chi connectivity index (χ1) is 10.2. The lowest BCUT2D eigenvalue weighted by molar-refractivity contribution is 0.0508. The number of anilines is 1. The minimum Gasteiger partial charge on any atom is -0.492 e. The maximum Gasteiger partial charge on any atom is 0.338 e.